The van der Waals surface area contributed by atoms with E-state index in [-0.39, 0.29) is 0 Å². The molecule has 6 aromatic carbocycles. The van der Waals surface area contributed by atoms with E-state index in [0.717, 1.165) is 60.9 Å². The lowest BCUT2D eigenvalue weighted by Gasteiger charge is -2.11. The van der Waals surface area contributed by atoms with Gasteiger partial charge in [-0.1, -0.05) is 109 Å². The Bertz CT molecular complexity index is 2440. The van der Waals surface area contributed by atoms with Crippen molar-refractivity contribution in [2.45, 2.75) is 0 Å². The first-order chi connectivity index (χ1) is 22.8. The minimum absolute atomic E-state index is 0.701. The fourth-order valence-corrected chi connectivity index (χ4v) is 7.26. The molecule has 46 heavy (non-hydrogen) atoms. The van der Waals surface area contributed by atoms with Gasteiger partial charge in [-0.3, -0.25) is 0 Å². The number of hydrogen-bond acceptors (Lipinski definition) is 4. The van der Waals surface area contributed by atoms with Gasteiger partial charge < -0.3 is 4.57 Å². The normalized spacial score (nSPS) is 11.5. The van der Waals surface area contributed by atoms with Gasteiger partial charge in [-0.2, -0.15) is 0 Å². The molecule has 0 unspecified atom stereocenters. The van der Waals surface area contributed by atoms with E-state index in [2.05, 4.69) is 120 Å². The van der Waals surface area contributed by atoms with E-state index >= 15 is 0 Å². The molecular weight excluding hydrogens is 581 g/mol. The van der Waals surface area contributed by atoms with Gasteiger partial charge in [-0.05, 0) is 48.5 Å². The Morgan fingerprint density at radius 2 is 1.04 bits per heavy atom. The van der Waals surface area contributed by atoms with Crippen molar-refractivity contribution in [3.8, 4) is 50.2 Å². The highest BCUT2D eigenvalue weighted by molar-refractivity contribution is 7.21. The van der Waals surface area contributed by atoms with Crippen LogP contribution >= 0.6 is 11.3 Å². The smallest absolute Gasteiger partial charge is 0.160 e. The molecule has 3 aromatic heterocycles. The average molecular weight is 607 g/mol. The Kier molecular flexibility index (Phi) is 6.28. The number of fused-ring (bicyclic) bond motifs is 5. The van der Waals surface area contributed by atoms with Crippen LogP contribution in [0, 0.1) is 0 Å². The van der Waals surface area contributed by atoms with Crippen LogP contribution < -0.4 is 0 Å². The van der Waals surface area contributed by atoms with Crippen LogP contribution in [-0.4, -0.2) is 19.5 Å². The van der Waals surface area contributed by atoms with Gasteiger partial charge in [0.1, 0.15) is 5.01 Å². The van der Waals surface area contributed by atoms with Gasteiger partial charge >= 0.3 is 0 Å². The molecule has 0 spiro atoms. The Balaban J connectivity index is 1.18. The fourth-order valence-electron chi connectivity index (χ4n) is 6.28. The van der Waals surface area contributed by atoms with Gasteiger partial charge in [0.15, 0.2) is 5.82 Å². The Labute approximate surface area is 269 Å². The lowest BCUT2D eigenvalue weighted by Crippen LogP contribution is -1.97. The van der Waals surface area contributed by atoms with Crippen molar-refractivity contribution in [2.24, 2.45) is 0 Å². The SMILES string of the molecule is c1ccc(-c2cc(-c3ccccc3)nc(-c3ccc(-n4c5ccccc5c5c6nc(-c7ccccc7)sc6ccc54)cc3)n2)cc1. The van der Waals surface area contributed by atoms with Crippen LogP contribution in [0.3, 0.4) is 0 Å². The Morgan fingerprint density at radius 3 is 1.70 bits per heavy atom. The molecule has 0 saturated heterocycles. The van der Waals surface area contributed by atoms with Crippen LogP contribution in [0.2, 0.25) is 0 Å². The summed E-state index contributed by atoms with van der Waals surface area (Å²) in [6, 6.07) is 54.7. The van der Waals surface area contributed by atoms with E-state index in [4.69, 9.17) is 15.0 Å². The molecule has 0 bridgehead atoms. The van der Waals surface area contributed by atoms with Gasteiger partial charge in [0.25, 0.3) is 0 Å². The van der Waals surface area contributed by atoms with Crippen LogP contribution in [0.4, 0.5) is 0 Å². The first-order valence-corrected chi connectivity index (χ1v) is 16.1. The molecule has 0 aliphatic carbocycles. The summed E-state index contributed by atoms with van der Waals surface area (Å²) in [5.74, 6) is 0.701. The molecule has 5 heteroatoms. The zero-order valence-corrected chi connectivity index (χ0v) is 25.5. The van der Waals surface area contributed by atoms with Crippen molar-refractivity contribution in [3.63, 3.8) is 0 Å². The molecular formula is C41H26N4S. The predicted octanol–water partition coefficient (Wildman–Crippen LogP) is 10.9. The number of thiazole rings is 1. The van der Waals surface area contributed by atoms with Gasteiger partial charge in [-0.15, -0.1) is 11.3 Å². The molecule has 0 fully saturated rings. The van der Waals surface area contributed by atoms with E-state index in [1.165, 1.54) is 15.5 Å². The molecule has 9 aromatic rings. The first-order valence-electron chi connectivity index (χ1n) is 15.3. The predicted molar refractivity (Wildman–Crippen MR) is 191 cm³/mol. The monoisotopic (exact) mass is 606 g/mol. The third-order valence-electron chi connectivity index (χ3n) is 8.46. The zero-order chi connectivity index (χ0) is 30.5. The third kappa shape index (κ3) is 4.48. The lowest BCUT2D eigenvalue weighted by atomic mass is 10.1. The van der Waals surface area contributed by atoms with Crippen LogP contribution in [0.25, 0.3) is 82.2 Å². The van der Waals surface area contributed by atoms with Crippen LogP contribution in [0.5, 0.6) is 0 Å². The number of nitrogens with zero attached hydrogens (tertiary/aromatic N) is 4. The van der Waals surface area contributed by atoms with Gasteiger partial charge in [0.05, 0.1) is 32.6 Å². The fraction of sp³-hybridized carbons (Fsp3) is 0. The lowest BCUT2D eigenvalue weighted by molar-refractivity contribution is 1.16. The molecule has 0 saturated carbocycles. The largest absolute Gasteiger partial charge is 0.309 e. The molecule has 0 N–H and O–H groups in total. The summed E-state index contributed by atoms with van der Waals surface area (Å²) in [4.78, 5) is 15.2. The van der Waals surface area contributed by atoms with Crippen molar-refractivity contribution < 1.29 is 0 Å². The molecule has 0 radical (unpaired) electrons. The quantitative estimate of drug-likeness (QED) is 0.196. The highest BCUT2D eigenvalue weighted by Gasteiger charge is 2.18. The van der Waals surface area contributed by atoms with Crippen molar-refractivity contribution >= 4 is 43.4 Å². The minimum atomic E-state index is 0.701. The number of para-hydroxylation sites is 1. The van der Waals surface area contributed by atoms with Crippen LogP contribution in [-0.2, 0) is 0 Å². The summed E-state index contributed by atoms with van der Waals surface area (Å²) in [6.07, 6.45) is 0. The standard InChI is InChI=1S/C41H26N4S/c1-4-12-27(13-5-1)33-26-34(28-14-6-2-7-15-28)43-40(42-33)29-20-22-31(23-21-29)45-35-19-11-10-18-32(35)38-36(45)24-25-37-39(38)44-41(46-37)30-16-8-3-9-17-30/h1-26H. The van der Waals surface area contributed by atoms with Crippen LogP contribution in [0.1, 0.15) is 0 Å². The maximum Gasteiger partial charge on any atom is 0.160 e. The van der Waals surface area contributed by atoms with Gasteiger partial charge in [0.2, 0.25) is 0 Å². The number of hydrogen-bond donors (Lipinski definition) is 0. The molecule has 4 nitrogen and oxygen atoms in total. The molecule has 0 atom stereocenters. The minimum Gasteiger partial charge on any atom is -0.309 e. The summed E-state index contributed by atoms with van der Waals surface area (Å²) in [6.45, 7) is 0. The van der Waals surface area contributed by atoms with Crippen molar-refractivity contribution in [1.82, 2.24) is 19.5 Å². The Hall–Kier alpha value is -5.91. The van der Waals surface area contributed by atoms with Gasteiger partial charge in [-0.25, -0.2) is 15.0 Å². The van der Waals surface area contributed by atoms with E-state index in [9.17, 15) is 0 Å². The summed E-state index contributed by atoms with van der Waals surface area (Å²) >= 11 is 1.74. The van der Waals surface area contributed by atoms with E-state index < -0.39 is 0 Å². The van der Waals surface area contributed by atoms with Crippen molar-refractivity contribution in [1.29, 1.82) is 0 Å². The summed E-state index contributed by atoms with van der Waals surface area (Å²) in [5.41, 5.74) is 10.5. The molecule has 0 amide bonds. The second-order valence-corrected chi connectivity index (χ2v) is 12.3. The van der Waals surface area contributed by atoms with Crippen molar-refractivity contribution in [2.75, 3.05) is 0 Å². The maximum atomic E-state index is 5.18. The summed E-state index contributed by atoms with van der Waals surface area (Å²) in [5, 5.41) is 3.42. The number of aromatic nitrogens is 4. The highest BCUT2D eigenvalue weighted by Crippen LogP contribution is 2.40. The van der Waals surface area contributed by atoms with Crippen LogP contribution in [0.15, 0.2) is 158 Å². The molecule has 216 valence electrons. The number of rotatable bonds is 5. The maximum absolute atomic E-state index is 5.18. The summed E-state index contributed by atoms with van der Waals surface area (Å²) in [7, 11) is 0. The van der Waals surface area contributed by atoms with Crippen molar-refractivity contribution in [3.05, 3.63) is 158 Å². The average Bonchev–Trinajstić information content (AvgIpc) is 3.72. The second kappa shape index (κ2) is 10.9. The number of benzene rings is 6. The molecule has 9 rings (SSSR count). The second-order valence-electron chi connectivity index (χ2n) is 11.3. The third-order valence-corrected chi connectivity index (χ3v) is 9.53. The van der Waals surface area contributed by atoms with E-state index in [1.807, 2.05) is 42.5 Å². The topological polar surface area (TPSA) is 43.6 Å². The summed E-state index contributed by atoms with van der Waals surface area (Å²) < 4.78 is 3.53. The highest BCUT2D eigenvalue weighted by atomic mass is 32.1. The molecule has 0 aliphatic heterocycles. The van der Waals surface area contributed by atoms with E-state index in [0.29, 0.717) is 5.82 Å². The molecule has 3 heterocycles. The Morgan fingerprint density at radius 1 is 0.457 bits per heavy atom. The zero-order valence-electron chi connectivity index (χ0n) is 24.7. The van der Waals surface area contributed by atoms with E-state index in [1.54, 1.807) is 11.3 Å². The molecule has 0 aliphatic rings. The first kappa shape index (κ1) is 26.5. The van der Waals surface area contributed by atoms with Gasteiger partial charge in [0, 0.05) is 38.7 Å².